The summed E-state index contributed by atoms with van der Waals surface area (Å²) in [5.74, 6) is -0.0124. The molecule has 6 heteroatoms. The Hall–Kier alpha value is -1.59. The SMILES string of the molecule is CCC1(CC)C(=O)NC(=O)N1CC(=O)NCCC(C)C. The maximum Gasteiger partial charge on any atom is 0.325 e. The lowest BCUT2D eigenvalue weighted by Gasteiger charge is -2.32. The Balaban J connectivity index is 2.66. The molecule has 1 heterocycles. The van der Waals surface area contributed by atoms with Crippen LogP contribution in [0.4, 0.5) is 4.79 Å². The van der Waals surface area contributed by atoms with Crippen molar-refractivity contribution in [3.63, 3.8) is 0 Å². The number of imide groups is 1. The molecule has 0 spiro atoms. The molecule has 0 bridgehead atoms. The fourth-order valence-corrected chi connectivity index (χ4v) is 2.47. The van der Waals surface area contributed by atoms with E-state index in [1.54, 1.807) is 0 Å². The van der Waals surface area contributed by atoms with Crippen molar-refractivity contribution >= 4 is 17.8 Å². The van der Waals surface area contributed by atoms with Crippen molar-refractivity contribution in [1.82, 2.24) is 15.5 Å². The molecule has 20 heavy (non-hydrogen) atoms. The third-order valence-corrected chi connectivity index (χ3v) is 3.92. The standard InChI is InChI=1S/C14H25N3O3/c1-5-14(6-2)12(19)16-13(20)17(14)9-11(18)15-8-7-10(3)4/h10H,5-9H2,1-4H3,(H,15,18)(H,16,19,20). The van der Waals surface area contributed by atoms with Gasteiger partial charge in [0.15, 0.2) is 0 Å². The minimum Gasteiger partial charge on any atom is -0.355 e. The van der Waals surface area contributed by atoms with Crippen LogP contribution in [0.2, 0.25) is 0 Å². The molecule has 0 aromatic carbocycles. The van der Waals surface area contributed by atoms with E-state index in [0.29, 0.717) is 25.3 Å². The maximum atomic E-state index is 12.0. The van der Waals surface area contributed by atoms with Crippen molar-refractivity contribution in [2.45, 2.75) is 52.5 Å². The van der Waals surface area contributed by atoms with Gasteiger partial charge in [-0.1, -0.05) is 27.7 Å². The molecule has 0 saturated carbocycles. The van der Waals surface area contributed by atoms with E-state index < -0.39 is 11.6 Å². The molecule has 0 atom stereocenters. The van der Waals surface area contributed by atoms with Crippen molar-refractivity contribution in [2.24, 2.45) is 5.92 Å². The van der Waals surface area contributed by atoms with E-state index in [9.17, 15) is 14.4 Å². The zero-order chi connectivity index (χ0) is 15.3. The molecule has 1 saturated heterocycles. The molecule has 4 amide bonds. The van der Waals surface area contributed by atoms with E-state index in [-0.39, 0.29) is 18.4 Å². The highest BCUT2D eigenvalue weighted by Crippen LogP contribution is 2.28. The Bertz CT molecular complexity index is 389. The van der Waals surface area contributed by atoms with Gasteiger partial charge in [0.2, 0.25) is 5.91 Å². The molecule has 6 nitrogen and oxygen atoms in total. The first-order valence-electron chi connectivity index (χ1n) is 7.27. The summed E-state index contributed by atoms with van der Waals surface area (Å²) in [5, 5.41) is 5.10. The zero-order valence-corrected chi connectivity index (χ0v) is 12.8. The van der Waals surface area contributed by atoms with Gasteiger partial charge in [-0.05, 0) is 25.2 Å². The van der Waals surface area contributed by atoms with Gasteiger partial charge in [0.05, 0.1) is 0 Å². The summed E-state index contributed by atoms with van der Waals surface area (Å²) in [7, 11) is 0. The first kappa shape index (κ1) is 16.5. The topological polar surface area (TPSA) is 78.5 Å². The van der Waals surface area contributed by atoms with Crippen LogP contribution in [0.5, 0.6) is 0 Å². The smallest absolute Gasteiger partial charge is 0.325 e. The Kier molecular flexibility index (Phi) is 5.53. The molecule has 1 fully saturated rings. The fourth-order valence-electron chi connectivity index (χ4n) is 2.47. The molecule has 0 radical (unpaired) electrons. The third-order valence-electron chi connectivity index (χ3n) is 3.92. The van der Waals surface area contributed by atoms with E-state index in [1.807, 2.05) is 13.8 Å². The van der Waals surface area contributed by atoms with Crippen molar-refractivity contribution < 1.29 is 14.4 Å². The molecule has 114 valence electrons. The lowest BCUT2D eigenvalue weighted by Crippen LogP contribution is -2.52. The van der Waals surface area contributed by atoms with Crippen LogP contribution in [0.3, 0.4) is 0 Å². The van der Waals surface area contributed by atoms with Crippen molar-refractivity contribution in [1.29, 1.82) is 0 Å². The van der Waals surface area contributed by atoms with E-state index in [0.717, 1.165) is 6.42 Å². The molecule has 0 aliphatic carbocycles. The molecule has 0 unspecified atom stereocenters. The zero-order valence-electron chi connectivity index (χ0n) is 12.8. The van der Waals surface area contributed by atoms with Gasteiger partial charge in [0.25, 0.3) is 5.91 Å². The monoisotopic (exact) mass is 283 g/mol. The van der Waals surface area contributed by atoms with Crippen molar-refractivity contribution in [2.75, 3.05) is 13.1 Å². The predicted octanol–water partition coefficient (Wildman–Crippen LogP) is 1.26. The predicted molar refractivity (Wildman–Crippen MR) is 76.0 cm³/mol. The van der Waals surface area contributed by atoms with Gasteiger partial charge in [-0.2, -0.15) is 0 Å². The van der Waals surface area contributed by atoms with Crippen LogP contribution < -0.4 is 10.6 Å². The van der Waals surface area contributed by atoms with Crippen molar-refractivity contribution in [3.05, 3.63) is 0 Å². The first-order valence-corrected chi connectivity index (χ1v) is 7.27. The number of urea groups is 1. The van der Waals surface area contributed by atoms with Crippen LogP contribution in [0.1, 0.15) is 47.0 Å². The Morgan fingerprint density at radius 1 is 1.30 bits per heavy atom. The molecular weight excluding hydrogens is 258 g/mol. The van der Waals surface area contributed by atoms with E-state index in [1.165, 1.54) is 4.90 Å². The van der Waals surface area contributed by atoms with E-state index in [2.05, 4.69) is 24.5 Å². The number of hydrogen-bond donors (Lipinski definition) is 2. The second kappa shape index (κ2) is 6.72. The quantitative estimate of drug-likeness (QED) is 0.690. The van der Waals surface area contributed by atoms with E-state index in [4.69, 9.17) is 0 Å². The summed E-state index contributed by atoms with van der Waals surface area (Å²) in [5.41, 5.74) is -0.882. The molecule has 2 N–H and O–H groups in total. The third kappa shape index (κ3) is 3.29. The van der Waals surface area contributed by atoms with Crippen molar-refractivity contribution in [3.8, 4) is 0 Å². The van der Waals surface area contributed by atoms with Crippen LogP contribution >= 0.6 is 0 Å². The lowest BCUT2D eigenvalue weighted by atomic mass is 9.91. The molecule has 1 aliphatic heterocycles. The molecule has 1 rings (SSSR count). The fraction of sp³-hybridized carbons (Fsp3) is 0.786. The van der Waals surface area contributed by atoms with Gasteiger partial charge in [-0.15, -0.1) is 0 Å². The van der Waals surface area contributed by atoms with E-state index >= 15 is 0 Å². The van der Waals surface area contributed by atoms with Crippen LogP contribution in [0, 0.1) is 5.92 Å². The summed E-state index contributed by atoms with van der Waals surface area (Å²) in [6, 6.07) is -0.474. The number of amides is 4. The average Bonchev–Trinajstić information content (AvgIpc) is 2.61. The lowest BCUT2D eigenvalue weighted by molar-refractivity contribution is -0.129. The molecule has 0 aromatic rings. The minimum atomic E-state index is -0.882. The second-order valence-corrected chi connectivity index (χ2v) is 5.62. The number of carbonyl (C=O) groups is 3. The number of hydrogen-bond acceptors (Lipinski definition) is 3. The summed E-state index contributed by atoms with van der Waals surface area (Å²) >= 11 is 0. The highest BCUT2D eigenvalue weighted by Gasteiger charge is 2.50. The molecule has 0 aromatic heterocycles. The van der Waals surface area contributed by atoms with Gasteiger partial charge in [0, 0.05) is 6.54 Å². The van der Waals surface area contributed by atoms with Crippen LogP contribution in [0.15, 0.2) is 0 Å². The number of carbonyl (C=O) groups excluding carboxylic acids is 3. The van der Waals surface area contributed by atoms with Gasteiger partial charge >= 0.3 is 6.03 Å². The van der Waals surface area contributed by atoms with Gasteiger partial charge in [-0.3, -0.25) is 14.9 Å². The average molecular weight is 283 g/mol. The summed E-state index contributed by atoms with van der Waals surface area (Å²) in [4.78, 5) is 37.1. The van der Waals surface area contributed by atoms with Gasteiger partial charge in [-0.25, -0.2) is 4.79 Å². The Morgan fingerprint density at radius 3 is 2.40 bits per heavy atom. The summed E-state index contributed by atoms with van der Waals surface area (Å²) in [6.45, 7) is 8.38. The largest absolute Gasteiger partial charge is 0.355 e. The minimum absolute atomic E-state index is 0.0721. The number of nitrogens with one attached hydrogen (secondary N) is 2. The second-order valence-electron chi connectivity index (χ2n) is 5.62. The van der Waals surface area contributed by atoms with Gasteiger partial charge < -0.3 is 10.2 Å². The number of nitrogens with zero attached hydrogens (tertiary/aromatic N) is 1. The van der Waals surface area contributed by atoms with Crippen LogP contribution in [-0.2, 0) is 9.59 Å². The highest BCUT2D eigenvalue weighted by atomic mass is 16.2. The highest BCUT2D eigenvalue weighted by molar-refractivity contribution is 6.08. The van der Waals surface area contributed by atoms with Gasteiger partial charge in [0.1, 0.15) is 12.1 Å². The molecular formula is C14H25N3O3. The van der Waals surface area contributed by atoms with Crippen LogP contribution in [0.25, 0.3) is 0 Å². The first-order chi connectivity index (χ1) is 9.37. The van der Waals surface area contributed by atoms with Crippen LogP contribution in [-0.4, -0.2) is 41.4 Å². The maximum absolute atomic E-state index is 12.0. The molecule has 1 aliphatic rings. The Morgan fingerprint density at radius 2 is 1.90 bits per heavy atom. The Labute approximate surface area is 120 Å². The number of rotatable bonds is 7. The normalized spacial score (nSPS) is 17.6. The summed E-state index contributed by atoms with van der Waals surface area (Å²) in [6.07, 6.45) is 1.89. The summed E-state index contributed by atoms with van der Waals surface area (Å²) < 4.78 is 0.